The van der Waals surface area contributed by atoms with E-state index < -0.39 is 17.7 Å². The molecule has 1 heterocycles. The highest BCUT2D eigenvalue weighted by molar-refractivity contribution is 5.21. The summed E-state index contributed by atoms with van der Waals surface area (Å²) in [7, 11) is 1.86. The topological polar surface area (TPSA) is 50.1 Å². The summed E-state index contributed by atoms with van der Waals surface area (Å²) in [4.78, 5) is 0. The molecular formula is C14H17F2N3O. The minimum Gasteiger partial charge on any atom is -0.387 e. The maximum atomic E-state index is 13.4. The smallest absolute Gasteiger partial charge is 0.131 e. The fourth-order valence-electron chi connectivity index (χ4n) is 1.98. The second-order valence-electron chi connectivity index (χ2n) is 4.58. The van der Waals surface area contributed by atoms with Gasteiger partial charge in [0.05, 0.1) is 6.10 Å². The van der Waals surface area contributed by atoms with E-state index in [0.717, 1.165) is 24.2 Å². The molecule has 108 valence electrons. The van der Waals surface area contributed by atoms with Crippen LogP contribution in [0.2, 0.25) is 0 Å². The minimum absolute atomic E-state index is 0.0967. The lowest BCUT2D eigenvalue weighted by Crippen LogP contribution is -2.24. The van der Waals surface area contributed by atoms with E-state index in [4.69, 9.17) is 0 Å². The Kier molecular flexibility index (Phi) is 4.81. The van der Waals surface area contributed by atoms with Crippen LogP contribution in [-0.2, 0) is 13.5 Å². The van der Waals surface area contributed by atoms with Gasteiger partial charge in [-0.1, -0.05) is 6.07 Å². The Morgan fingerprint density at radius 2 is 2.15 bits per heavy atom. The minimum atomic E-state index is -0.998. The van der Waals surface area contributed by atoms with E-state index in [9.17, 15) is 13.9 Å². The quantitative estimate of drug-likeness (QED) is 0.790. The maximum Gasteiger partial charge on any atom is 0.131 e. The van der Waals surface area contributed by atoms with Crippen molar-refractivity contribution in [2.75, 3.05) is 13.1 Å². The van der Waals surface area contributed by atoms with Crippen molar-refractivity contribution in [2.45, 2.75) is 12.5 Å². The van der Waals surface area contributed by atoms with Crippen molar-refractivity contribution < 1.29 is 13.9 Å². The van der Waals surface area contributed by atoms with E-state index in [1.807, 2.05) is 13.1 Å². The lowest BCUT2D eigenvalue weighted by atomic mass is 10.1. The Labute approximate surface area is 116 Å². The lowest BCUT2D eigenvalue weighted by Gasteiger charge is -2.13. The van der Waals surface area contributed by atoms with Crippen LogP contribution in [0.4, 0.5) is 8.78 Å². The molecule has 6 heteroatoms. The van der Waals surface area contributed by atoms with Crippen molar-refractivity contribution in [2.24, 2.45) is 7.05 Å². The van der Waals surface area contributed by atoms with Crippen LogP contribution < -0.4 is 5.32 Å². The molecule has 0 aliphatic carbocycles. The number of aliphatic hydroxyl groups is 1. The molecule has 1 unspecified atom stereocenters. The van der Waals surface area contributed by atoms with E-state index in [1.165, 1.54) is 6.07 Å². The summed E-state index contributed by atoms with van der Waals surface area (Å²) in [6.07, 6.45) is 1.48. The first kappa shape index (κ1) is 14.6. The third-order valence-corrected chi connectivity index (χ3v) is 3.14. The van der Waals surface area contributed by atoms with Crippen LogP contribution in [0.5, 0.6) is 0 Å². The number of hydrogen-bond donors (Lipinski definition) is 2. The van der Waals surface area contributed by atoms with Crippen LogP contribution >= 0.6 is 0 Å². The third-order valence-electron chi connectivity index (χ3n) is 3.14. The Morgan fingerprint density at radius 3 is 2.80 bits per heavy atom. The number of hydrogen-bond acceptors (Lipinski definition) is 3. The van der Waals surface area contributed by atoms with Gasteiger partial charge in [-0.05, 0) is 12.1 Å². The van der Waals surface area contributed by atoms with Gasteiger partial charge in [0, 0.05) is 50.1 Å². The average Bonchev–Trinajstić information content (AvgIpc) is 2.80. The summed E-state index contributed by atoms with van der Waals surface area (Å²) in [5, 5.41) is 17.0. The molecule has 2 N–H and O–H groups in total. The second kappa shape index (κ2) is 6.58. The van der Waals surface area contributed by atoms with Crippen LogP contribution in [0.3, 0.4) is 0 Å². The van der Waals surface area contributed by atoms with E-state index in [1.54, 1.807) is 10.9 Å². The molecule has 1 aromatic carbocycles. The van der Waals surface area contributed by atoms with Crippen LogP contribution in [0.25, 0.3) is 0 Å². The SMILES string of the molecule is Cn1nccc1CCNCC(O)c1ccc(F)cc1F. The van der Waals surface area contributed by atoms with E-state index >= 15 is 0 Å². The zero-order valence-electron chi connectivity index (χ0n) is 11.2. The van der Waals surface area contributed by atoms with Gasteiger partial charge in [-0.15, -0.1) is 0 Å². The average molecular weight is 281 g/mol. The van der Waals surface area contributed by atoms with E-state index in [-0.39, 0.29) is 12.1 Å². The lowest BCUT2D eigenvalue weighted by molar-refractivity contribution is 0.170. The van der Waals surface area contributed by atoms with Crippen molar-refractivity contribution in [3.05, 3.63) is 53.4 Å². The maximum absolute atomic E-state index is 13.4. The van der Waals surface area contributed by atoms with Crippen molar-refractivity contribution in [1.82, 2.24) is 15.1 Å². The van der Waals surface area contributed by atoms with Crippen molar-refractivity contribution in [3.8, 4) is 0 Å². The number of nitrogens with zero attached hydrogens (tertiary/aromatic N) is 2. The highest BCUT2D eigenvalue weighted by Gasteiger charge is 2.13. The molecule has 1 atom stereocenters. The number of aryl methyl sites for hydroxylation is 1. The van der Waals surface area contributed by atoms with Gasteiger partial charge in [0.1, 0.15) is 11.6 Å². The van der Waals surface area contributed by atoms with E-state index in [0.29, 0.717) is 6.54 Å². The first-order chi connectivity index (χ1) is 9.58. The van der Waals surface area contributed by atoms with Crippen LogP contribution in [0, 0.1) is 11.6 Å². The predicted molar refractivity (Wildman–Crippen MR) is 71.1 cm³/mol. The van der Waals surface area contributed by atoms with Crippen LogP contribution in [0.1, 0.15) is 17.4 Å². The molecular weight excluding hydrogens is 264 g/mol. The fourth-order valence-corrected chi connectivity index (χ4v) is 1.98. The van der Waals surface area contributed by atoms with Gasteiger partial charge in [0.2, 0.25) is 0 Å². The van der Waals surface area contributed by atoms with Gasteiger partial charge in [-0.25, -0.2) is 8.78 Å². The Balaban J connectivity index is 1.80. The molecule has 0 radical (unpaired) electrons. The molecule has 0 aliphatic heterocycles. The number of rotatable bonds is 6. The molecule has 2 aromatic rings. The summed E-state index contributed by atoms with van der Waals surface area (Å²) < 4.78 is 28.0. The molecule has 0 bridgehead atoms. The molecule has 4 nitrogen and oxygen atoms in total. The second-order valence-corrected chi connectivity index (χ2v) is 4.58. The highest BCUT2D eigenvalue weighted by Crippen LogP contribution is 2.17. The predicted octanol–water partition coefficient (Wildman–Crippen LogP) is 1.56. The molecule has 0 spiro atoms. The first-order valence-electron chi connectivity index (χ1n) is 6.38. The number of nitrogens with one attached hydrogen (secondary N) is 1. The molecule has 0 aliphatic rings. The Morgan fingerprint density at radius 1 is 1.35 bits per heavy atom. The first-order valence-corrected chi connectivity index (χ1v) is 6.38. The Hall–Kier alpha value is -1.79. The number of benzene rings is 1. The number of aliphatic hydroxyl groups excluding tert-OH is 1. The van der Waals surface area contributed by atoms with Crippen molar-refractivity contribution in [1.29, 1.82) is 0 Å². The highest BCUT2D eigenvalue weighted by atomic mass is 19.1. The summed E-state index contributed by atoms with van der Waals surface area (Å²) in [5.74, 6) is -1.38. The fraction of sp³-hybridized carbons (Fsp3) is 0.357. The monoisotopic (exact) mass is 281 g/mol. The van der Waals surface area contributed by atoms with Gasteiger partial charge in [-0.2, -0.15) is 5.10 Å². The van der Waals surface area contributed by atoms with Crippen LogP contribution in [-0.4, -0.2) is 28.0 Å². The van der Waals surface area contributed by atoms with Crippen molar-refractivity contribution >= 4 is 0 Å². The molecule has 20 heavy (non-hydrogen) atoms. The summed E-state index contributed by atoms with van der Waals surface area (Å²) in [5.41, 5.74) is 1.17. The van der Waals surface area contributed by atoms with Gasteiger partial charge in [-0.3, -0.25) is 4.68 Å². The number of aromatic nitrogens is 2. The normalized spacial score (nSPS) is 12.6. The molecule has 0 saturated carbocycles. The third kappa shape index (κ3) is 3.61. The van der Waals surface area contributed by atoms with Crippen LogP contribution in [0.15, 0.2) is 30.5 Å². The van der Waals surface area contributed by atoms with Gasteiger partial charge < -0.3 is 10.4 Å². The molecule has 0 amide bonds. The zero-order chi connectivity index (χ0) is 14.5. The summed E-state index contributed by atoms with van der Waals surface area (Å²) >= 11 is 0. The Bertz CT molecular complexity index is 571. The molecule has 0 fully saturated rings. The molecule has 1 aromatic heterocycles. The molecule has 2 rings (SSSR count). The summed E-state index contributed by atoms with van der Waals surface area (Å²) in [6.45, 7) is 0.847. The largest absolute Gasteiger partial charge is 0.387 e. The standard InChI is InChI=1S/C14H17F2N3O/c1-19-11(5-7-18-19)4-6-17-9-14(20)12-3-2-10(15)8-13(12)16/h2-3,5,7-8,14,17,20H,4,6,9H2,1H3. The number of halogens is 2. The van der Waals surface area contributed by atoms with Crippen molar-refractivity contribution in [3.63, 3.8) is 0 Å². The molecule has 0 saturated heterocycles. The summed E-state index contributed by atoms with van der Waals surface area (Å²) in [6, 6.07) is 5.08. The van der Waals surface area contributed by atoms with Gasteiger partial charge in [0.25, 0.3) is 0 Å². The van der Waals surface area contributed by atoms with Gasteiger partial charge in [0.15, 0.2) is 0 Å². The zero-order valence-corrected chi connectivity index (χ0v) is 11.2. The van der Waals surface area contributed by atoms with E-state index in [2.05, 4.69) is 10.4 Å². The van der Waals surface area contributed by atoms with Gasteiger partial charge >= 0.3 is 0 Å².